The molecule has 4 unspecified atom stereocenters. The van der Waals surface area contributed by atoms with Crippen LogP contribution >= 0.6 is 15.6 Å². The van der Waals surface area contributed by atoms with Crippen LogP contribution < -0.4 is 0 Å². The van der Waals surface area contributed by atoms with Gasteiger partial charge < -0.3 is 33.8 Å². The molecule has 0 rings (SSSR count). The fourth-order valence-corrected chi connectivity index (χ4v) is 12.0. The van der Waals surface area contributed by atoms with E-state index in [1.165, 1.54) is 141 Å². The van der Waals surface area contributed by atoms with Crippen LogP contribution in [0.25, 0.3) is 0 Å². The molecule has 0 spiro atoms. The highest BCUT2D eigenvalue weighted by Gasteiger charge is 2.30. The molecule has 0 saturated carbocycles. The van der Waals surface area contributed by atoms with Gasteiger partial charge in [0, 0.05) is 25.7 Å². The molecule has 0 saturated heterocycles. The highest BCUT2D eigenvalue weighted by Crippen LogP contribution is 2.45. The van der Waals surface area contributed by atoms with E-state index in [0.717, 1.165) is 120 Å². The second-order valence-electron chi connectivity index (χ2n) is 26.7. The van der Waals surface area contributed by atoms with E-state index in [9.17, 15) is 43.2 Å². The number of hydrogen-bond acceptors (Lipinski definition) is 15. The first-order chi connectivity index (χ1) is 42.7. The normalized spacial score (nSPS) is 14.9. The molecule has 0 aliphatic carbocycles. The quantitative estimate of drug-likeness (QED) is 0.0222. The maximum atomic E-state index is 13.0. The lowest BCUT2D eigenvalue weighted by Crippen LogP contribution is -2.30. The molecule has 0 heterocycles. The van der Waals surface area contributed by atoms with Gasteiger partial charge in [0.1, 0.15) is 19.3 Å². The van der Waals surface area contributed by atoms with Crippen LogP contribution in [0, 0.1) is 23.7 Å². The number of phosphoric ester groups is 2. The summed E-state index contributed by atoms with van der Waals surface area (Å²) in [5.41, 5.74) is 0. The van der Waals surface area contributed by atoms with Crippen molar-refractivity contribution in [3.05, 3.63) is 0 Å². The maximum absolute atomic E-state index is 13.0. The number of unbranched alkanes of at least 4 members (excludes halogenated alkanes) is 31. The molecule has 17 nitrogen and oxygen atoms in total. The van der Waals surface area contributed by atoms with Gasteiger partial charge in [-0.05, 0) is 49.4 Å². The average Bonchev–Trinajstić information content (AvgIpc) is 3.56. The molecule has 0 aromatic rings. The maximum Gasteiger partial charge on any atom is 0.472 e. The van der Waals surface area contributed by atoms with Crippen molar-refractivity contribution in [1.29, 1.82) is 0 Å². The van der Waals surface area contributed by atoms with E-state index in [-0.39, 0.29) is 25.7 Å². The number of carbonyl (C=O) groups excluding carboxylic acids is 4. The van der Waals surface area contributed by atoms with Crippen LogP contribution in [0.3, 0.4) is 0 Å². The Kier molecular flexibility index (Phi) is 58.5. The minimum Gasteiger partial charge on any atom is -0.462 e. The molecular weight excluding hydrogens is 1170 g/mol. The zero-order chi connectivity index (χ0) is 66.1. The Hall–Kier alpha value is -1.94. The summed E-state index contributed by atoms with van der Waals surface area (Å²) in [5, 5.41) is 10.6. The van der Waals surface area contributed by atoms with Gasteiger partial charge in [-0.25, -0.2) is 9.13 Å². The summed E-state index contributed by atoms with van der Waals surface area (Å²) in [6, 6.07) is 0. The molecule has 3 N–H and O–H groups in total. The summed E-state index contributed by atoms with van der Waals surface area (Å²) in [5.74, 6) is 0.892. The molecule has 0 fully saturated rings. The monoisotopic (exact) mass is 1310 g/mol. The number of hydrogen-bond donors (Lipinski definition) is 3. The number of rotatable bonds is 67. The number of aliphatic hydroxyl groups excluding tert-OH is 1. The Bertz CT molecular complexity index is 1770. The van der Waals surface area contributed by atoms with Gasteiger partial charge in [-0.1, -0.05) is 293 Å². The zero-order valence-electron chi connectivity index (χ0n) is 58.1. The topological polar surface area (TPSA) is 237 Å². The summed E-state index contributed by atoms with van der Waals surface area (Å²) in [6.07, 6.45) is 41.6. The molecule has 0 aliphatic rings. The standard InChI is InChI=1S/C70H136O17P2/c1-9-62(7)48-40-32-24-17-14-15-19-26-36-44-52-69(74)86-66(57-81-68(73)51-43-35-29-28-33-41-49-63(8)10-2)59-85-89(78,79)83-55-64(71)54-82-88(76,77)84-58-65(87-70(75)53-45-37-27-21-20-23-31-39-47-61(5)6)56-80-67(72)50-42-34-25-18-13-11-12-16-22-30-38-46-60(3)4/h60-66,71H,9-59H2,1-8H3,(H,76,77)(H,78,79)/t62?,63?,64-,65-,66-/m1/s1. The minimum atomic E-state index is -4.95. The van der Waals surface area contributed by atoms with Crippen LogP contribution in [0.4, 0.5) is 0 Å². The zero-order valence-corrected chi connectivity index (χ0v) is 59.8. The Morgan fingerprint density at radius 2 is 0.539 bits per heavy atom. The molecule has 0 amide bonds. The van der Waals surface area contributed by atoms with Crippen molar-refractivity contribution in [2.75, 3.05) is 39.6 Å². The summed E-state index contributed by atoms with van der Waals surface area (Å²) < 4.78 is 68.3. The third-order valence-electron chi connectivity index (χ3n) is 16.8. The minimum absolute atomic E-state index is 0.104. The van der Waals surface area contributed by atoms with Gasteiger partial charge in [0.15, 0.2) is 12.2 Å². The van der Waals surface area contributed by atoms with Gasteiger partial charge in [-0.3, -0.25) is 37.3 Å². The highest BCUT2D eigenvalue weighted by atomic mass is 31.2. The first-order valence-electron chi connectivity index (χ1n) is 36.3. The predicted octanol–water partition coefficient (Wildman–Crippen LogP) is 19.7. The van der Waals surface area contributed by atoms with E-state index < -0.39 is 97.5 Å². The van der Waals surface area contributed by atoms with Crippen LogP contribution in [-0.2, 0) is 65.4 Å². The van der Waals surface area contributed by atoms with Gasteiger partial charge in [0.05, 0.1) is 26.4 Å². The smallest absolute Gasteiger partial charge is 0.462 e. The SMILES string of the molecule is CCC(C)CCCCCCCCCCCCC(=O)O[C@H](COC(=O)CCCCCCCCC(C)CC)COP(=O)(O)OC[C@H](O)COP(=O)(O)OC[C@@H](COC(=O)CCCCCCCCCCCCCC(C)C)OC(=O)CCCCCCCCCCC(C)C. The number of esters is 4. The number of carbonyl (C=O) groups is 4. The first kappa shape index (κ1) is 87.1. The van der Waals surface area contributed by atoms with E-state index in [2.05, 4.69) is 55.4 Å². The van der Waals surface area contributed by atoms with Crippen molar-refractivity contribution in [1.82, 2.24) is 0 Å². The highest BCUT2D eigenvalue weighted by molar-refractivity contribution is 7.47. The molecule has 7 atom stereocenters. The van der Waals surface area contributed by atoms with E-state index >= 15 is 0 Å². The van der Waals surface area contributed by atoms with Crippen LogP contribution in [0.15, 0.2) is 0 Å². The van der Waals surface area contributed by atoms with Crippen molar-refractivity contribution >= 4 is 39.5 Å². The van der Waals surface area contributed by atoms with Crippen LogP contribution in [0.5, 0.6) is 0 Å². The van der Waals surface area contributed by atoms with E-state index in [0.29, 0.717) is 25.7 Å². The predicted molar refractivity (Wildman–Crippen MR) is 358 cm³/mol. The van der Waals surface area contributed by atoms with Crippen LogP contribution in [0.2, 0.25) is 0 Å². The summed E-state index contributed by atoms with van der Waals surface area (Å²) in [6.45, 7) is 14.1. The molecule has 0 aromatic heterocycles. The third kappa shape index (κ3) is 62.0. The van der Waals surface area contributed by atoms with Gasteiger partial charge >= 0.3 is 39.5 Å². The number of aliphatic hydroxyl groups is 1. The van der Waals surface area contributed by atoms with E-state index in [1.807, 2.05) is 0 Å². The third-order valence-corrected chi connectivity index (χ3v) is 18.7. The second-order valence-corrected chi connectivity index (χ2v) is 29.6. The van der Waals surface area contributed by atoms with Crippen molar-refractivity contribution in [2.24, 2.45) is 23.7 Å². The Labute approximate surface area is 543 Å². The van der Waals surface area contributed by atoms with Crippen LogP contribution in [-0.4, -0.2) is 96.7 Å². The van der Waals surface area contributed by atoms with Crippen molar-refractivity contribution in [3.63, 3.8) is 0 Å². The fraction of sp³-hybridized carbons (Fsp3) is 0.943. The summed E-state index contributed by atoms with van der Waals surface area (Å²) >= 11 is 0. The molecule has 19 heteroatoms. The van der Waals surface area contributed by atoms with E-state index in [1.54, 1.807) is 0 Å². The van der Waals surface area contributed by atoms with Gasteiger partial charge in [-0.2, -0.15) is 0 Å². The first-order valence-corrected chi connectivity index (χ1v) is 39.3. The molecule has 0 aromatic carbocycles. The van der Waals surface area contributed by atoms with Crippen molar-refractivity contribution < 1.29 is 80.2 Å². The van der Waals surface area contributed by atoms with Gasteiger partial charge in [0.25, 0.3) is 0 Å². The lowest BCUT2D eigenvalue weighted by Gasteiger charge is -2.21. The van der Waals surface area contributed by atoms with Gasteiger partial charge in [0.2, 0.25) is 0 Å². The molecule has 0 bridgehead atoms. The molecule has 89 heavy (non-hydrogen) atoms. The molecule has 528 valence electrons. The molecule has 0 aliphatic heterocycles. The Morgan fingerprint density at radius 1 is 0.315 bits per heavy atom. The van der Waals surface area contributed by atoms with Crippen molar-refractivity contribution in [2.45, 2.75) is 363 Å². The average molecular weight is 1310 g/mol. The lowest BCUT2D eigenvalue weighted by atomic mass is 9.99. The summed E-state index contributed by atoms with van der Waals surface area (Å²) in [4.78, 5) is 72.5. The van der Waals surface area contributed by atoms with E-state index in [4.69, 9.17) is 37.0 Å². The van der Waals surface area contributed by atoms with Gasteiger partial charge in [-0.15, -0.1) is 0 Å². The summed E-state index contributed by atoms with van der Waals surface area (Å²) in [7, 11) is -9.90. The Balaban J connectivity index is 5.26. The molecule has 0 radical (unpaired) electrons. The fourth-order valence-electron chi connectivity index (χ4n) is 10.4. The number of phosphoric acid groups is 2. The van der Waals surface area contributed by atoms with Crippen LogP contribution in [0.1, 0.15) is 344 Å². The largest absolute Gasteiger partial charge is 0.472 e. The number of ether oxygens (including phenoxy) is 4. The van der Waals surface area contributed by atoms with Crippen molar-refractivity contribution in [3.8, 4) is 0 Å². The molecular formula is C70H136O17P2. The lowest BCUT2D eigenvalue weighted by molar-refractivity contribution is -0.161. The second kappa shape index (κ2) is 59.8. The Morgan fingerprint density at radius 3 is 0.798 bits per heavy atom.